The molecule has 2 atom stereocenters. The van der Waals surface area contributed by atoms with Gasteiger partial charge in [0.1, 0.15) is 12.4 Å². The van der Waals surface area contributed by atoms with Gasteiger partial charge < -0.3 is 28.9 Å². The maximum absolute atomic E-state index is 13.1. The first-order chi connectivity index (χ1) is 16.8. The first kappa shape index (κ1) is 21.8. The zero-order valence-electron chi connectivity index (χ0n) is 19.4. The fraction of sp³-hybridized carbons (Fsp3) is 0.360. The van der Waals surface area contributed by atoms with Crippen LogP contribution in [0.25, 0.3) is 22.3 Å². The molecule has 1 aromatic carbocycles. The van der Waals surface area contributed by atoms with Gasteiger partial charge in [-0.05, 0) is 44.3 Å². The number of piperazine rings is 1. The summed E-state index contributed by atoms with van der Waals surface area (Å²) in [5.74, 6) is -0.336. The topological polar surface area (TPSA) is 114 Å². The third kappa shape index (κ3) is 3.48. The number of rotatable bonds is 1. The van der Waals surface area contributed by atoms with Gasteiger partial charge in [0.05, 0.1) is 29.0 Å². The van der Waals surface area contributed by atoms with Gasteiger partial charge >= 0.3 is 12.1 Å². The van der Waals surface area contributed by atoms with E-state index in [1.807, 2.05) is 20.0 Å². The highest BCUT2D eigenvalue weighted by Gasteiger charge is 2.34. The summed E-state index contributed by atoms with van der Waals surface area (Å²) in [6.07, 6.45) is -1.86. The third-order valence-electron chi connectivity index (χ3n) is 7.02. The van der Waals surface area contributed by atoms with E-state index >= 15 is 0 Å². The Bertz CT molecular complexity index is 1460. The third-order valence-corrected chi connectivity index (χ3v) is 7.02. The number of hydrogen-bond acceptors (Lipinski definition) is 8. The number of carbonyl (C=O) groups excluding carboxylic acids is 2. The van der Waals surface area contributed by atoms with Crippen molar-refractivity contribution in [3.8, 4) is 17.1 Å². The van der Waals surface area contributed by atoms with Crippen molar-refractivity contribution in [3.63, 3.8) is 0 Å². The quantitative estimate of drug-likeness (QED) is 0.413. The highest BCUT2D eigenvalue weighted by molar-refractivity contribution is 5.86. The van der Waals surface area contributed by atoms with Crippen LogP contribution in [0.2, 0.25) is 0 Å². The van der Waals surface area contributed by atoms with Gasteiger partial charge in [-0.1, -0.05) is 0 Å². The van der Waals surface area contributed by atoms with E-state index in [9.17, 15) is 19.5 Å². The van der Waals surface area contributed by atoms with Crippen molar-refractivity contribution < 1.29 is 24.2 Å². The Labute approximate surface area is 200 Å². The van der Waals surface area contributed by atoms with E-state index in [-0.39, 0.29) is 35.4 Å². The summed E-state index contributed by atoms with van der Waals surface area (Å²) < 4.78 is 12.2. The number of aliphatic hydroxyl groups is 1. The number of hydrogen-bond donors (Lipinski definition) is 1. The molecule has 0 spiro atoms. The summed E-state index contributed by atoms with van der Waals surface area (Å²) in [4.78, 5) is 46.3. The smallest absolute Gasteiger partial charge is 0.415 e. The van der Waals surface area contributed by atoms with E-state index in [2.05, 4.69) is 4.90 Å². The van der Waals surface area contributed by atoms with Crippen LogP contribution >= 0.6 is 0 Å². The van der Waals surface area contributed by atoms with Gasteiger partial charge in [-0.2, -0.15) is 0 Å². The van der Waals surface area contributed by atoms with Gasteiger partial charge in [-0.25, -0.2) is 14.6 Å². The van der Waals surface area contributed by atoms with Crippen LogP contribution in [0.3, 0.4) is 0 Å². The number of cyclic esters (lactones) is 1. The number of pyridine rings is 2. The molecule has 3 aliphatic heterocycles. The molecule has 1 unspecified atom stereocenters. The summed E-state index contributed by atoms with van der Waals surface area (Å²) in [7, 11) is 2.03. The number of carbonyl (C=O) groups is 2. The van der Waals surface area contributed by atoms with Gasteiger partial charge in [-0.15, -0.1) is 0 Å². The first-order valence-corrected chi connectivity index (χ1v) is 11.5. The predicted octanol–water partition coefficient (Wildman–Crippen LogP) is 1.65. The molecule has 1 saturated heterocycles. The normalized spacial score (nSPS) is 21.3. The zero-order chi connectivity index (χ0) is 24.4. The molecule has 180 valence electrons. The molecule has 5 heterocycles. The van der Waals surface area contributed by atoms with Crippen LogP contribution in [0, 0.1) is 0 Å². The van der Waals surface area contributed by atoms with Crippen LogP contribution in [0.5, 0.6) is 5.75 Å². The minimum Gasteiger partial charge on any atom is -0.458 e. The van der Waals surface area contributed by atoms with E-state index in [1.54, 1.807) is 33.7 Å². The Morgan fingerprint density at radius 2 is 2.03 bits per heavy atom. The van der Waals surface area contributed by atoms with Crippen LogP contribution in [-0.2, 0) is 22.7 Å². The van der Waals surface area contributed by atoms with Crippen molar-refractivity contribution in [1.29, 1.82) is 0 Å². The van der Waals surface area contributed by atoms with Crippen molar-refractivity contribution in [1.82, 2.24) is 19.4 Å². The van der Waals surface area contributed by atoms with Crippen LogP contribution in [0.1, 0.15) is 29.7 Å². The number of fused-ring (bicyclic) bond motifs is 5. The van der Waals surface area contributed by atoms with E-state index in [0.717, 1.165) is 24.0 Å². The molecule has 0 radical (unpaired) electrons. The number of amides is 1. The predicted molar refractivity (Wildman–Crippen MR) is 125 cm³/mol. The average molecular weight is 476 g/mol. The number of esters is 1. The van der Waals surface area contributed by atoms with Gasteiger partial charge in [-0.3, -0.25) is 4.79 Å². The number of aromatic nitrogens is 2. The van der Waals surface area contributed by atoms with Crippen molar-refractivity contribution >= 4 is 23.0 Å². The number of likely N-dealkylation sites (N-methyl/N-ethyl adjacent to an activating group) is 1. The molecule has 3 aromatic rings. The van der Waals surface area contributed by atoms with Crippen molar-refractivity contribution in [2.24, 2.45) is 0 Å². The largest absolute Gasteiger partial charge is 0.458 e. The van der Waals surface area contributed by atoms with Crippen LogP contribution < -0.4 is 10.3 Å². The first-order valence-electron chi connectivity index (χ1n) is 11.5. The average Bonchev–Trinajstić information content (AvgIpc) is 3.18. The molecule has 1 amide bonds. The molecular weight excluding hydrogens is 452 g/mol. The van der Waals surface area contributed by atoms with E-state index in [0.29, 0.717) is 35.7 Å². The van der Waals surface area contributed by atoms with E-state index in [1.165, 1.54) is 0 Å². The van der Waals surface area contributed by atoms with Crippen LogP contribution in [0.15, 0.2) is 35.1 Å². The Balaban J connectivity index is 1.32. The van der Waals surface area contributed by atoms with E-state index < -0.39 is 12.1 Å². The second kappa shape index (κ2) is 7.89. The molecule has 35 heavy (non-hydrogen) atoms. The lowest BCUT2D eigenvalue weighted by atomic mass is 10.0. The minimum absolute atomic E-state index is 0.0634. The second-order valence-electron chi connectivity index (χ2n) is 9.39. The minimum atomic E-state index is -1.48. The van der Waals surface area contributed by atoms with Crippen molar-refractivity contribution in [2.45, 2.75) is 32.2 Å². The Morgan fingerprint density at radius 1 is 1.20 bits per heavy atom. The maximum Gasteiger partial charge on any atom is 0.415 e. The summed E-state index contributed by atoms with van der Waals surface area (Å²) in [6, 6.07) is 8.89. The maximum atomic E-state index is 13.1. The van der Waals surface area contributed by atoms with Crippen LogP contribution in [0.4, 0.5) is 4.79 Å². The molecule has 6 rings (SSSR count). The van der Waals surface area contributed by atoms with Gasteiger partial charge in [0.25, 0.3) is 5.56 Å². The summed E-state index contributed by atoms with van der Waals surface area (Å²) in [6.45, 7) is 4.37. The fourth-order valence-corrected chi connectivity index (χ4v) is 5.14. The van der Waals surface area contributed by atoms with Crippen LogP contribution in [-0.4, -0.2) is 69.2 Å². The number of benzene rings is 1. The number of nitrogens with zero attached hydrogens (tertiary/aromatic N) is 4. The molecule has 10 nitrogen and oxygen atoms in total. The Kier molecular flexibility index (Phi) is 4.90. The number of ether oxygens (including phenoxy) is 2. The van der Waals surface area contributed by atoms with Gasteiger partial charge in [0.2, 0.25) is 0 Å². The van der Waals surface area contributed by atoms with Gasteiger partial charge in [0.15, 0.2) is 6.10 Å². The molecule has 0 aliphatic carbocycles. The Morgan fingerprint density at radius 3 is 2.83 bits per heavy atom. The molecule has 0 saturated carbocycles. The lowest BCUT2D eigenvalue weighted by Gasteiger charge is -2.37. The van der Waals surface area contributed by atoms with Gasteiger partial charge in [0, 0.05) is 42.2 Å². The fourth-order valence-electron chi connectivity index (χ4n) is 5.14. The SMILES string of the molecule is CC1CN(C)CCN1C(=O)Oc1ccc2nc3c(cc2c1)Cn1c-3cc2c(c1=O)COC(=O)[C@H]2O. The number of aliphatic hydroxyl groups excluding tert-OH is 1. The highest BCUT2D eigenvalue weighted by Crippen LogP contribution is 2.35. The lowest BCUT2D eigenvalue weighted by molar-refractivity contribution is -0.157. The highest BCUT2D eigenvalue weighted by atomic mass is 16.6. The standard InChI is InChI=1S/C25H24N4O6/c1-13-10-27(2)5-6-28(13)25(33)35-16-3-4-19-14(8-16)7-15-11-29-20(21(15)26-19)9-17-18(23(29)31)12-34-24(32)22(17)30/h3-4,7-9,13,22,30H,5-6,10-12H2,1-2H3/t13?,22-/m0/s1. The molecule has 0 bridgehead atoms. The molecule has 1 N–H and O–H groups in total. The van der Waals surface area contributed by atoms with E-state index in [4.69, 9.17) is 14.5 Å². The summed E-state index contributed by atoms with van der Waals surface area (Å²) >= 11 is 0. The molecule has 10 heteroatoms. The monoisotopic (exact) mass is 476 g/mol. The molecular formula is C25H24N4O6. The summed E-state index contributed by atoms with van der Waals surface area (Å²) in [5.41, 5.74) is 2.93. The second-order valence-corrected chi connectivity index (χ2v) is 9.39. The Hall–Kier alpha value is -3.76. The summed E-state index contributed by atoms with van der Waals surface area (Å²) in [5, 5.41) is 11.0. The lowest BCUT2D eigenvalue weighted by Crippen LogP contribution is -2.53. The zero-order valence-corrected chi connectivity index (χ0v) is 19.4. The van der Waals surface area contributed by atoms with Crippen molar-refractivity contribution in [2.75, 3.05) is 26.7 Å². The molecule has 3 aliphatic rings. The molecule has 1 fully saturated rings. The molecule has 2 aromatic heterocycles. The van der Waals surface area contributed by atoms with Crippen molar-refractivity contribution in [3.05, 3.63) is 57.4 Å².